The molecule has 3 rings (SSSR count). The molecule has 6 heteroatoms. The Hall–Kier alpha value is -2.63. The van der Waals surface area contributed by atoms with Gasteiger partial charge in [0.1, 0.15) is 5.82 Å². The number of methoxy groups -OCH3 is 1. The lowest BCUT2D eigenvalue weighted by molar-refractivity contribution is 0.0909. The number of rotatable bonds is 6. The van der Waals surface area contributed by atoms with Crippen LogP contribution in [0.25, 0.3) is 0 Å². The molecule has 0 saturated heterocycles. The molecule has 0 spiro atoms. The first kappa shape index (κ1) is 20.1. The van der Waals surface area contributed by atoms with Crippen molar-refractivity contribution in [3.8, 4) is 5.88 Å². The van der Waals surface area contributed by atoms with Crippen LogP contribution in [0.1, 0.15) is 66.4 Å². The summed E-state index contributed by atoms with van der Waals surface area (Å²) in [6.45, 7) is 4.22. The van der Waals surface area contributed by atoms with Crippen LogP contribution in [0.15, 0.2) is 30.6 Å². The molecule has 0 aliphatic heterocycles. The van der Waals surface area contributed by atoms with E-state index in [1.54, 1.807) is 19.2 Å². The molecular formula is C22H30N4O2. The summed E-state index contributed by atoms with van der Waals surface area (Å²) in [6.07, 6.45) is 8.74. The van der Waals surface area contributed by atoms with Crippen LogP contribution < -0.4 is 15.8 Å². The average Bonchev–Trinajstić information content (AvgIpc) is 2.73. The molecule has 0 aromatic carbocycles. The summed E-state index contributed by atoms with van der Waals surface area (Å²) in [7, 11) is 1.67. The van der Waals surface area contributed by atoms with E-state index in [2.05, 4.69) is 35.2 Å². The molecule has 0 bridgehead atoms. The molecule has 1 aliphatic carbocycles. The molecule has 2 aromatic rings. The third-order valence-electron chi connectivity index (χ3n) is 5.98. The number of hydrogen-bond acceptors (Lipinski definition) is 5. The smallest absolute Gasteiger partial charge is 0.253 e. The predicted octanol–water partition coefficient (Wildman–Crippen LogP) is 3.86. The zero-order chi connectivity index (χ0) is 20.1. The van der Waals surface area contributed by atoms with Crippen LogP contribution >= 0.6 is 0 Å². The van der Waals surface area contributed by atoms with Gasteiger partial charge < -0.3 is 15.8 Å². The monoisotopic (exact) mass is 382 g/mol. The van der Waals surface area contributed by atoms with E-state index in [0.29, 0.717) is 23.2 Å². The van der Waals surface area contributed by atoms with Gasteiger partial charge in [0.15, 0.2) is 0 Å². The van der Waals surface area contributed by atoms with E-state index < -0.39 is 0 Å². The highest BCUT2D eigenvalue weighted by molar-refractivity contribution is 5.94. The van der Waals surface area contributed by atoms with Crippen molar-refractivity contribution < 1.29 is 9.53 Å². The number of nitrogens with two attached hydrogens (primary N) is 1. The van der Waals surface area contributed by atoms with Crippen molar-refractivity contribution in [1.82, 2.24) is 15.3 Å². The van der Waals surface area contributed by atoms with Gasteiger partial charge in [-0.25, -0.2) is 9.97 Å². The van der Waals surface area contributed by atoms with E-state index in [1.807, 2.05) is 6.20 Å². The van der Waals surface area contributed by atoms with Gasteiger partial charge in [-0.2, -0.15) is 0 Å². The Morgan fingerprint density at radius 3 is 2.61 bits per heavy atom. The van der Waals surface area contributed by atoms with Gasteiger partial charge in [-0.15, -0.1) is 0 Å². The lowest BCUT2D eigenvalue weighted by Gasteiger charge is -2.34. The second-order valence-corrected chi connectivity index (χ2v) is 7.61. The van der Waals surface area contributed by atoms with Crippen molar-refractivity contribution >= 4 is 11.7 Å². The molecule has 1 saturated carbocycles. The topological polar surface area (TPSA) is 90.1 Å². The number of carbonyl (C=O) groups is 1. The number of nitrogen functional groups attached to an aromatic ring is 1. The van der Waals surface area contributed by atoms with Crippen LogP contribution in [0.2, 0.25) is 0 Å². The van der Waals surface area contributed by atoms with Crippen molar-refractivity contribution in [1.29, 1.82) is 0 Å². The summed E-state index contributed by atoms with van der Waals surface area (Å²) in [4.78, 5) is 20.9. The Kier molecular flexibility index (Phi) is 6.49. The molecule has 0 unspecified atom stereocenters. The van der Waals surface area contributed by atoms with Gasteiger partial charge in [-0.05, 0) is 74.6 Å². The van der Waals surface area contributed by atoms with Crippen LogP contribution in [-0.2, 0) is 0 Å². The number of pyridine rings is 2. The van der Waals surface area contributed by atoms with Gasteiger partial charge in [0.05, 0.1) is 12.7 Å². The number of nitrogens with zero attached hydrogens (tertiary/aromatic N) is 2. The van der Waals surface area contributed by atoms with Crippen molar-refractivity contribution in [2.75, 3.05) is 12.8 Å². The summed E-state index contributed by atoms with van der Waals surface area (Å²) in [5.41, 5.74) is 8.65. The van der Waals surface area contributed by atoms with Gasteiger partial charge in [0.2, 0.25) is 5.88 Å². The Bertz CT molecular complexity index is 799. The number of hydrogen-bond donors (Lipinski definition) is 2. The van der Waals surface area contributed by atoms with Gasteiger partial charge in [0.25, 0.3) is 5.91 Å². The molecule has 28 heavy (non-hydrogen) atoms. The Labute approximate surface area is 166 Å². The Balaban J connectivity index is 1.61. The SMILES string of the molecule is CC[C@H](NC(=O)c1ccc(N)nc1)[C@H]1CC[C@@H](c2ccnc(OC)c2C)CC1. The van der Waals surface area contributed by atoms with Crippen molar-refractivity contribution in [3.63, 3.8) is 0 Å². The number of nitrogens with one attached hydrogen (secondary N) is 1. The predicted molar refractivity (Wildman–Crippen MR) is 110 cm³/mol. The van der Waals surface area contributed by atoms with E-state index in [1.165, 1.54) is 11.8 Å². The third-order valence-corrected chi connectivity index (χ3v) is 5.98. The second-order valence-electron chi connectivity index (χ2n) is 7.61. The maximum Gasteiger partial charge on any atom is 0.253 e. The molecule has 6 nitrogen and oxygen atoms in total. The maximum atomic E-state index is 12.6. The molecule has 2 heterocycles. The van der Waals surface area contributed by atoms with Crippen molar-refractivity contribution in [2.24, 2.45) is 5.92 Å². The van der Waals surface area contributed by atoms with Crippen LogP contribution in [-0.4, -0.2) is 29.0 Å². The van der Waals surface area contributed by atoms with E-state index in [-0.39, 0.29) is 11.9 Å². The normalized spacial score (nSPS) is 20.4. The van der Waals surface area contributed by atoms with Crippen LogP contribution in [0.5, 0.6) is 5.88 Å². The lowest BCUT2D eigenvalue weighted by atomic mass is 9.75. The van der Waals surface area contributed by atoms with Gasteiger partial charge >= 0.3 is 0 Å². The minimum absolute atomic E-state index is 0.0730. The zero-order valence-corrected chi connectivity index (χ0v) is 16.9. The lowest BCUT2D eigenvalue weighted by Crippen LogP contribution is -2.41. The van der Waals surface area contributed by atoms with Crippen LogP contribution in [0.3, 0.4) is 0 Å². The quantitative estimate of drug-likeness (QED) is 0.792. The molecule has 2 aromatic heterocycles. The average molecular weight is 383 g/mol. The Morgan fingerprint density at radius 2 is 2.00 bits per heavy atom. The summed E-state index contributed by atoms with van der Waals surface area (Å²) >= 11 is 0. The van der Waals surface area contributed by atoms with Gasteiger partial charge in [-0.1, -0.05) is 6.92 Å². The highest BCUT2D eigenvalue weighted by atomic mass is 16.5. The van der Waals surface area contributed by atoms with Crippen LogP contribution in [0, 0.1) is 12.8 Å². The van der Waals surface area contributed by atoms with E-state index >= 15 is 0 Å². The molecular weight excluding hydrogens is 352 g/mol. The molecule has 0 radical (unpaired) electrons. The minimum atomic E-state index is -0.0730. The summed E-state index contributed by atoms with van der Waals surface area (Å²) in [5.74, 6) is 2.09. The number of anilines is 1. The standard InChI is InChI=1S/C22H30N4O2/c1-4-19(26-21(27)17-9-10-20(23)25-13-17)16-7-5-15(6-8-16)18-11-12-24-22(28-3)14(18)2/h9-13,15-16,19H,4-8H2,1-3H3,(H2,23,25)(H,26,27)/t15-,16+,19-/m0/s1. The number of amides is 1. The largest absolute Gasteiger partial charge is 0.481 e. The van der Waals surface area contributed by atoms with Gasteiger partial charge in [0, 0.05) is 24.0 Å². The molecule has 150 valence electrons. The second kappa shape index (κ2) is 9.04. The highest BCUT2D eigenvalue weighted by Crippen LogP contribution is 2.39. The fourth-order valence-corrected chi connectivity index (χ4v) is 4.36. The number of ether oxygens (including phenoxy) is 1. The van der Waals surface area contributed by atoms with Gasteiger partial charge in [-0.3, -0.25) is 4.79 Å². The third kappa shape index (κ3) is 4.43. The van der Waals surface area contributed by atoms with E-state index in [9.17, 15) is 4.79 Å². The molecule has 1 atom stereocenters. The minimum Gasteiger partial charge on any atom is -0.481 e. The maximum absolute atomic E-state index is 12.6. The van der Waals surface area contributed by atoms with Crippen molar-refractivity contribution in [2.45, 2.75) is 57.9 Å². The van der Waals surface area contributed by atoms with E-state index in [4.69, 9.17) is 10.5 Å². The number of aromatic nitrogens is 2. The molecule has 3 N–H and O–H groups in total. The molecule has 1 aliphatic rings. The fraction of sp³-hybridized carbons (Fsp3) is 0.500. The molecule has 1 fully saturated rings. The summed E-state index contributed by atoms with van der Waals surface area (Å²) in [6, 6.07) is 5.68. The first-order chi connectivity index (χ1) is 13.5. The van der Waals surface area contributed by atoms with E-state index in [0.717, 1.165) is 43.5 Å². The Morgan fingerprint density at radius 1 is 1.25 bits per heavy atom. The fourth-order valence-electron chi connectivity index (χ4n) is 4.36. The summed E-state index contributed by atoms with van der Waals surface area (Å²) in [5, 5.41) is 3.21. The van der Waals surface area contributed by atoms with Crippen molar-refractivity contribution in [3.05, 3.63) is 47.3 Å². The van der Waals surface area contributed by atoms with Crippen LogP contribution in [0.4, 0.5) is 5.82 Å². The highest BCUT2D eigenvalue weighted by Gasteiger charge is 2.29. The zero-order valence-electron chi connectivity index (χ0n) is 16.9. The summed E-state index contributed by atoms with van der Waals surface area (Å²) < 4.78 is 5.37. The first-order valence-corrected chi connectivity index (χ1v) is 10.0. The first-order valence-electron chi connectivity index (χ1n) is 10.0. The molecule has 1 amide bonds. The number of carbonyl (C=O) groups excluding carboxylic acids is 1.